The summed E-state index contributed by atoms with van der Waals surface area (Å²) in [7, 11) is 0. The molecule has 0 aromatic heterocycles. The number of aryl methyl sites for hydroxylation is 1. The van der Waals surface area contributed by atoms with Gasteiger partial charge in [-0.05, 0) is 42.8 Å². The molecule has 1 amide bonds. The monoisotopic (exact) mass is 290 g/mol. The second-order valence-electron chi connectivity index (χ2n) is 4.44. The fourth-order valence-corrected chi connectivity index (χ4v) is 1.99. The van der Waals surface area contributed by atoms with E-state index in [9.17, 15) is 4.79 Å². The molecule has 0 unspecified atom stereocenters. The van der Waals surface area contributed by atoms with Crippen molar-refractivity contribution in [3.63, 3.8) is 0 Å². The quantitative estimate of drug-likeness (QED) is 0.840. The smallest absolute Gasteiger partial charge is 0.221 e. The van der Waals surface area contributed by atoms with Crippen LogP contribution in [0.4, 0.5) is 11.4 Å². The molecule has 104 valence electrons. The van der Waals surface area contributed by atoms with Crippen molar-refractivity contribution in [2.24, 2.45) is 0 Å². The summed E-state index contributed by atoms with van der Waals surface area (Å²) in [4.78, 5) is 11.0. The lowest BCUT2D eigenvalue weighted by molar-refractivity contribution is -0.114. The molecule has 0 fully saturated rings. The van der Waals surface area contributed by atoms with Crippen molar-refractivity contribution in [3.8, 4) is 11.5 Å². The predicted octanol–water partition coefficient (Wildman–Crippen LogP) is 3.98. The van der Waals surface area contributed by atoms with Gasteiger partial charge in [-0.1, -0.05) is 11.6 Å². The van der Waals surface area contributed by atoms with Crippen molar-refractivity contribution in [2.45, 2.75) is 13.8 Å². The highest BCUT2D eigenvalue weighted by molar-refractivity contribution is 6.30. The van der Waals surface area contributed by atoms with Crippen LogP contribution < -0.4 is 15.8 Å². The Morgan fingerprint density at radius 1 is 1.25 bits per heavy atom. The number of nitrogens with one attached hydrogen (secondary N) is 1. The Morgan fingerprint density at radius 3 is 2.60 bits per heavy atom. The van der Waals surface area contributed by atoms with Crippen molar-refractivity contribution in [2.75, 3.05) is 11.1 Å². The molecule has 0 aliphatic heterocycles. The van der Waals surface area contributed by atoms with Gasteiger partial charge in [0, 0.05) is 18.0 Å². The third-order valence-electron chi connectivity index (χ3n) is 2.70. The Kier molecular flexibility index (Phi) is 4.15. The number of nitrogen functional groups attached to an aromatic ring is 1. The van der Waals surface area contributed by atoms with Crippen LogP contribution in [-0.2, 0) is 4.79 Å². The zero-order valence-electron chi connectivity index (χ0n) is 11.2. The van der Waals surface area contributed by atoms with Crippen LogP contribution in [0.3, 0.4) is 0 Å². The molecule has 0 heterocycles. The molecule has 2 aromatic carbocycles. The number of ether oxygens (including phenoxy) is 1. The molecule has 2 rings (SSSR count). The van der Waals surface area contributed by atoms with E-state index in [-0.39, 0.29) is 5.91 Å². The summed E-state index contributed by atoms with van der Waals surface area (Å²) < 4.78 is 5.75. The minimum atomic E-state index is -0.168. The molecular weight excluding hydrogens is 276 g/mol. The number of nitrogens with two attached hydrogens (primary N) is 1. The summed E-state index contributed by atoms with van der Waals surface area (Å²) >= 11 is 5.90. The Hall–Kier alpha value is -2.20. The predicted molar refractivity (Wildman–Crippen MR) is 81.4 cm³/mol. The molecule has 0 saturated carbocycles. The van der Waals surface area contributed by atoms with E-state index in [4.69, 9.17) is 22.1 Å². The van der Waals surface area contributed by atoms with Gasteiger partial charge in [0.25, 0.3) is 0 Å². The van der Waals surface area contributed by atoms with Crippen LogP contribution in [0.2, 0.25) is 5.02 Å². The topological polar surface area (TPSA) is 64.3 Å². The van der Waals surface area contributed by atoms with Crippen molar-refractivity contribution in [1.29, 1.82) is 0 Å². The first kappa shape index (κ1) is 14.2. The highest BCUT2D eigenvalue weighted by Crippen LogP contribution is 2.30. The van der Waals surface area contributed by atoms with Crippen molar-refractivity contribution < 1.29 is 9.53 Å². The molecule has 0 atom stereocenters. The molecule has 0 aliphatic carbocycles. The second kappa shape index (κ2) is 5.84. The first-order valence-corrected chi connectivity index (χ1v) is 6.44. The van der Waals surface area contributed by atoms with Crippen LogP contribution in [0.5, 0.6) is 11.5 Å². The van der Waals surface area contributed by atoms with Crippen molar-refractivity contribution in [1.82, 2.24) is 0 Å². The number of hydrogen-bond acceptors (Lipinski definition) is 3. The Balaban J connectivity index is 2.22. The van der Waals surface area contributed by atoms with Gasteiger partial charge >= 0.3 is 0 Å². The van der Waals surface area contributed by atoms with E-state index >= 15 is 0 Å². The molecule has 5 heteroatoms. The number of halogens is 1. The third-order valence-corrected chi connectivity index (χ3v) is 2.93. The molecule has 0 aliphatic rings. The maximum Gasteiger partial charge on any atom is 0.221 e. The van der Waals surface area contributed by atoms with Crippen molar-refractivity contribution in [3.05, 3.63) is 47.0 Å². The van der Waals surface area contributed by atoms with Gasteiger partial charge in [0.15, 0.2) is 0 Å². The SMILES string of the molecule is CC(=O)Nc1ccc(Oc2ccc(Cl)cc2C)cc1N. The van der Waals surface area contributed by atoms with Gasteiger partial charge in [0.2, 0.25) is 5.91 Å². The molecular formula is C15H15ClN2O2. The van der Waals surface area contributed by atoms with Crippen LogP contribution >= 0.6 is 11.6 Å². The zero-order valence-corrected chi connectivity index (χ0v) is 12.0. The first-order valence-electron chi connectivity index (χ1n) is 6.07. The fraction of sp³-hybridized carbons (Fsp3) is 0.133. The molecule has 0 radical (unpaired) electrons. The molecule has 20 heavy (non-hydrogen) atoms. The van der Waals surface area contributed by atoms with Gasteiger partial charge in [-0.2, -0.15) is 0 Å². The van der Waals surface area contributed by atoms with Gasteiger partial charge in [-0.3, -0.25) is 4.79 Å². The summed E-state index contributed by atoms with van der Waals surface area (Å²) in [5, 5.41) is 3.31. The average Bonchev–Trinajstić information content (AvgIpc) is 2.36. The standard InChI is InChI=1S/C15H15ClN2O2/c1-9-7-11(16)3-6-15(9)20-12-4-5-14(13(17)8-12)18-10(2)19/h3-8H,17H2,1-2H3,(H,18,19). The number of benzene rings is 2. The van der Waals surface area contributed by atoms with Gasteiger partial charge in [0.05, 0.1) is 11.4 Å². The molecule has 2 aromatic rings. The second-order valence-corrected chi connectivity index (χ2v) is 4.88. The van der Waals surface area contributed by atoms with E-state index in [0.717, 1.165) is 5.56 Å². The minimum absolute atomic E-state index is 0.168. The summed E-state index contributed by atoms with van der Waals surface area (Å²) in [6.45, 7) is 3.34. The fourth-order valence-electron chi connectivity index (χ4n) is 1.76. The van der Waals surface area contributed by atoms with Gasteiger partial charge in [-0.25, -0.2) is 0 Å². The van der Waals surface area contributed by atoms with Crippen LogP contribution in [0.25, 0.3) is 0 Å². The highest BCUT2D eigenvalue weighted by atomic mass is 35.5. The number of anilines is 2. The number of carbonyl (C=O) groups is 1. The molecule has 0 bridgehead atoms. The zero-order chi connectivity index (χ0) is 14.7. The lowest BCUT2D eigenvalue weighted by atomic mass is 10.2. The largest absolute Gasteiger partial charge is 0.457 e. The third kappa shape index (κ3) is 3.42. The lowest BCUT2D eigenvalue weighted by Crippen LogP contribution is -2.07. The highest BCUT2D eigenvalue weighted by Gasteiger charge is 2.06. The molecule has 3 N–H and O–H groups in total. The number of rotatable bonds is 3. The van der Waals surface area contributed by atoms with Gasteiger partial charge in [0.1, 0.15) is 11.5 Å². The Morgan fingerprint density at radius 2 is 2.00 bits per heavy atom. The maximum atomic E-state index is 11.0. The molecule has 4 nitrogen and oxygen atoms in total. The lowest BCUT2D eigenvalue weighted by Gasteiger charge is -2.11. The van der Waals surface area contributed by atoms with E-state index in [2.05, 4.69) is 5.32 Å². The van der Waals surface area contributed by atoms with Gasteiger partial charge in [-0.15, -0.1) is 0 Å². The van der Waals surface area contributed by atoms with Gasteiger partial charge < -0.3 is 15.8 Å². The van der Waals surface area contributed by atoms with E-state index in [1.54, 1.807) is 30.3 Å². The summed E-state index contributed by atoms with van der Waals surface area (Å²) in [6, 6.07) is 10.5. The maximum absolute atomic E-state index is 11.0. The van der Waals surface area contributed by atoms with Crippen LogP contribution in [0.1, 0.15) is 12.5 Å². The summed E-state index contributed by atoms with van der Waals surface area (Å²) in [6.07, 6.45) is 0. The van der Waals surface area contributed by atoms with Crippen molar-refractivity contribution >= 4 is 28.9 Å². The van der Waals surface area contributed by atoms with E-state index in [1.807, 2.05) is 13.0 Å². The molecule has 0 saturated heterocycles. The summed E-state index contributed by atoms with van der Waals surface area (Å²) in [5.74, 6) is 1.14. The Labute approximate surface area is 122 Å². The minimum Gasteiger partial charge on any atom is -0.457 e. The van der Waals surface area contributed by atoms with Crippen LogP contribution in [-0.4, -0.2) is 5.91 Å². The van der Waals surface area contributed by atoms with E-state index in [0.29, 0.717) is 27.9 Å². The number of hydrogen-bond donors (Lipinski definition) is 2. The average molecular weight is 291 g/mol. The normalized spacial score (nSPS) is 10.2. The summed E-state index contributed by atoms with van der Waals surface area (Å²) in [5.41, 5.74) is 7.82. The van der Waals surface area contributed by atoms with E-state index < -0.39 is 0 Å². The van der Waals surface area contributed by atoms with Crippen LogP contribution in [0, 0.1) is 6.92 Å². The van der Waals surface area contributed by atoms with Crippen LogP contribution in [0.15, 0.2) is 36.4 Å². The number of amides is 1. The Bertz CT molecular complexity index is 656. The van der Waals surface area contributed by atoms with E-state index in [1.165, 1.54) is 6.92 Å². The number of carbonyl (C=O) groups excluding carboxylic acids is 1. The molecule has 0 spiro atoms. The first-order chi connectivity index (χ1) is 9.45.